The van der Waals surface area contributed by atoms with Crippen molar-refractivity contribution in [2.45, 2.75) is 45.2 Å². The summed E-state index contributed by atoms with van der Waals surface area (Å²) in [6.07, 6.45) is 5.80. The topological polar surface area (TPSA) is 62.3 Å². The molecule has 1 aromatic heterocycles. The van der Waals surface area contributed by atoms with E-state index < -0.39 is 6.04 Å². The lowest BCUT2D eigenvalue weighted by molar-refractivity contribution is -0.148. The Morgan fingerprint density at radius 2 is 2.00 bits per heavy atom. The SMILES string of the molecule is CCCC1NC(=O)C(C)N(CCc2ccncc2)C1=O. The zero-order valence-corrected chi connectivity index (χ0v) is 12.0. The molecule has 20 heavy (non-hydrogen) atoms. The van der Waals surface area contributed by atoms with Crippen molar-refractivity contribution in [1.29, 1.82) is 0 Å². The lowest BCUT2D eigenvalue weighted by atomic mass is 10.0. The van der Waals surface area contributed by atoms with Crippen molar-refractivity contribution >= 4 is 11.8 Å². The van der Waals surface area contributed by atoms with Crippen LogP contribution in [0.1, 0.15) is 32.3 Å². The molecule has 2 heterocycles. The number of amides is 2. The quantitative estimate of drug-likeness (QED) is 0.876. The van der Waals surface area contributed by atoms with Crippen molar-refractivity contribution in [2.75, 3.05) is 6.54 Å². The van der Waals surface area contributed by atoms with Crippen molar-refractivity contribution < 1.29 is 9.59 Å². The second kappa shape index (κ2) is 6.50. The highest BCUT2D eigenvalue weighted by atomic mass is 16.2. The van der Waals surface area contributed by atoms with Gasteiger partial charge in [0, 0.05) is 18.9 Å². The van der Waals surface area contributed by atoms with Crippen LogP contribution in [0.4, 0.5) is 0 Å². The van der Waals surface area contributed by atoms with Crippen LogP contribution >= 0.6 is 0 Å². The van der Waals surface area contributed by atoms with Gasteiger partial charge >= 0.3 is 0 Å². The third-order valence-electron chi connectivity index (χ3n) is 3.71. The standard InChI is InChI=1S/C15H21N3O2/c1-3-4-13-15(20)18(11(2)14(19)17-13)10-7-12-5-8-16-9-6-12/h5-6,8-9,11,13H,3-4,7,10H2,1-2H3,(H,17,19). The maximum absolute atomic E-state index is 12.4. The summed E-state index contributed by atoms with van der Waals surface area (Å²) in [5.41, 5.74) is 1.12. The Bertz CT molecular complexity index is 475. The van der Waals surface area contributed by atoms with Gasteiger partial charge in [-0.2, -0.15) is 0 Å². The van der Waals surface area contributed by atoms with Gasteiger partial charge in [0.1, 0.15) is 12.1 Å². The molecule has 1 aliphatic rings. The summed E-state index contributed by atoms with van der Waals surface area (Å²) in [5.74, 6) is -0.0224. The monoisotopic (exact) mass is 275 g/mol. The average molecular weight is 275 g/mol. The van der Waals surface area contributed by atoms with Gasteiger partial charge in [-0.15, -0.1) is 0 Å². The number of pyridine rings is 1. The molecule has 5 heteroatoms. The maximum Gasteiger partial charge on any atom is 0.245 e. The second-order valence-electron chi connectivity index (χ2n) is 5.16. The summed E-state index contributed by atoms with van der Waals surface area (Å²) in [4.78, 5) is 30.0. The molecular weight excluding hydrogens is 254 g/mol. The molecular formula is C15H21N3O2. The number of carbonyl (C=O) groups is 2. The van der Waals surface area contributed by atoms with E-state index in [0.29, 0.717) is 13.0 Å². The van der Waals surface area contributed by atoms with Gasteiger partial charge in [-0.3, -0.25) is 14.6 Å². The zero-order valence-electron chi connectivity index (χ0n) is 12.0. The number of aromatic nitrogens is 1. The van der Waals surface area contributed by atoms with E-state index >= 15 is 0 Å². The van der Waals surface area contributed by atoms with Crippen molar-refractivity contribution in [3.8, 4) is 0 Å². The molecule has 1 N–H and O–H groups in total. The number of carbonyl (C=O) groups excluding carboxylic acids is 2. The molecule has 108 valence electrons. The number of piperazine rings is 1. The number of hydrogen-bond acceptors (Lipinski definition) is 3. The Kier molecular flexibility index (Phi) is 4.71. The summed E-state index contributed by atoms with van der Waals surface area (Å²) in [6, 6.07) is 3.12. The summed E-state index contributed by atoms with van der Waals surface area (Å²) in [7, 11) is 0. The molecule has 0 bridgehead atoms. The molecule has 1 aromatic rings. The third kappa shape index (κ3) is 3.15. The minimum Gasteiger partial charge on any atom is -0.343 e. The molecule has 1 fully saturated rings. The Morgan fingerprint density at radius 1 is 1.30 bits per heavy atom. The molecule has 0 aromatic carbocycles. The Balaban J connectivity index is 2.03. The van der Waals surface area contributed by atoms with E-state index in [1.165, 1.54) is 0 Å². The number of hydrogen-bond donors (Lipinski definition) is 1. The Hall–Kier alpha value is -1.91. The molecule has 0 spiro atoms. The average Bonchev–Trinajstić information content (AvgIpc) is 2.46. The van der Waals surface area contributed by atoms with Crippen LogP contribution in [0.3, 0.4) is 0 Å². The van der Waals surface area contributed by atoms with Gasteiger partial charge in [0.25, 0.3) is 0 Å². The van der Waals surface area contributed by atoms with Crippen LogP contribution in [-0.4, -0.2) is 40.3 Å². The van der Waals surface area contributed by atoms with Crippen LogP contribution in [0.5, 0.6) is 0 Å². The van der Waals surface area contributed by atoms with Crippen LogP contribution in [-0.2, 0) is 16.0 Å². The summed E-state index contributed by atoms with van der Waals surface area (Å²) >= 11 is 0. The normalized spacial score (nSPS) is 22.8. The molecule has 2 amide bonds. The minimum atomic E-state index is -0.391. The first kappa shape index (κ1) is 14.5. The number of rotatable bonds is 5. The van der Waals surface area contributed by atoms with Crippen molar-refractivity contribution in [3.63, 3.8) is 0 Å². The molecule has 0 aliphatic carbocycles. The van der Waals surface area contributed by atoms with Gasteiger partial charge in [-0.25, -0.2) is 0 Å². The molecule has 1 saturated heterocycles. The van der Waals surface area contributed by atoms with Gasteiger partial charge < -0.3 is 10.2 Å². The van der Waals surface area contributed by atoms with E-state index in [9.17, 15) is 9.59 Å². The first-order valence-corrected chi connectivity index (χ1v) is 7.13. The van der Waals surface area contributed by atoms with Gasteiger partial charge in [0.15, 0.2) is 0 Å². The Morgan fingerprint density at radius 3 is 2.65 bits per heavy atom. The van der Waals surface area contributed by atoms with E-state index in [0.717, 1.165) is 18.4 Å². The predicted octanol–water partition coefficient (Wildman–Crippen LogP) is 1.14. The van der Waals surface area contributed by atoms with Gasteiger partial charge in [-0.1, -0.05) is 13.3 Å². The van der Waals surface area contributed by atoms with Crippen LogP contribution in [0.2, 0.25) is 0 Å². The fourth-order valence-electron chi connectivity index (χ4n) is 2.47. The van der Waals surface area contributed by atoms with Crippen LogP contribution < -0.4 is 5.32 Å². The summed E-state index contributed by atoms with van der Waals surface area (Å²) < 4.78 is 0. The number of nitrogens with one attached hydrogen (secondary N) is 1. The fourth-order valence-corrected chi connectivity index (χ4v) is 2.47. The Labute approximate surface area is 119 Å². The van der Waals surface area contributed by atoms with E-state index in [-0.39, 0.29) is 17.9 Å². The van der Waals surface area contributed by atoms with Crippen molar-refractivity contribution in [3.05, 3.63) is 30.1 Å². The molecule has 2 unspecified atom stereocenters. The minimum absolute atomic E-state index is 0.0352. The highest BCUT2D eigenvalue weighted by Crippen LogP contribution is 2.14. The zero-order chi connectivity index (χ0) is 14.5. The van der Waals surface area contributed by atoms with Gasteiger partial charge in [-0.05, 0) is 37.5 Å². The van der Waals surface area contributed by atoms with E-state index in [1.54, 1.807) is 24.2 Å². The van der Waals surface area contributed by atoms with Crippen molar-refractivity contribution in [2.24, 2.45) is 0 Å². The molecule has 1 aliphatic heterocycles. The third-order valence-corrected chi connectivity index (χ3v) is 3.71. The lowest BCUT2D eigenvalue weighted by Crippen LogP contribution is -2.62. The lowest BCUT2D eigenvalue weighted by Gasteiger charge is -2.37. The second-order valence-corrected chi connectivity index (χ2v) is 5.16. The van der Waals surface area contributed by atoms with E-state index in [4.69, 9.17) is 0 Å². The first-order valence-electron chi connectivity index (χ1n) is 7.13. The predicted molar refractivity (Wildman–Crippen MR) is 76.0 cm³/mol. The summed E-state index contributed by atoms with van der Waals surface area (Å²) in [5, 5.41) is 2.80. The van der Waals surface area contributed by atoms with Gasteiger partial charge in [0.2, 0.25) is 11.8 Å². The fraction of sp³-hybridized carbons (Fsp3) is 0.533. The number of nitrogens with zero attached hydrogens (tertiary/aromatic N) is 2. The summed E-state index contributed by atoms with van der Waals surface area (Å²) in [6.45, 7) is 4.36. The molecule has 2 atom stereocenters. The maximum atomic E-state index is 12.4. The molecule has 0 radical (unpaired) electrons. The van der Waals surface area contributed by atoms with Crippen LogP contribution in [0, 0.1) is 0 Å². The largest absolute Gasteiger partial charge is 0.343 e. The first-order chi connectivity index (χ1) is 9.63. The van der Waals surface area contributed by atoms with E-state index in [2.05, 4.69) is 10.3 Å². The molecule has 2 rings (SSSR count). The highest BCUT2D eigenvalue weighted by Gasteiger charge is 2.36. The van der Waals surface area contributed by atoms with Gasteiger partial charge in [0.05, 0.1) is 0 Å². The highest BCUT2D eigenvalue weighted by molar-refractivity contribution is 5.96. The van der Waals surface area contributed by atoms with Crippen LogP contribution in [0.15, 0.2) is 24.5 Å². The smallest absolute Gasteiger partial charge is 0.245 e. The molecule has 5 nitrogen and oxygen atoms in total. The van der Waals surface area contributed by atoms with E-state index in [1.807, 2.05) is 19.1 Å². The van der Waals surface area contributed by atoms with Crippen LogP contribution in [0.25, 0.3) is 0 Å². The molecule has 0 saturated carbocycles. The van der Waals surface area contributed by atoms with Crippen molar-refractivity contribution in [1.82, 2.24) is 15.2 Å².